The van der Waals surface area contributed by atoms with Gasteiger partial charge in [0.2, 0.25) is 0 Å². The van der Waals surface area contributed by atoms with Crippen LogP contribution in [0, 0.1) is 10.8 Å². The zero-order chi connectivity index (χ0) is 18.8. The molecule has 0 amide bonds. The Morgan fingerprint density at radius 3 is 1.25 bits per heavy atom. The number of hydrogen-bond donors (Lipinski definition) is 2. The maximum Gasteiger partial charge on any atom is 1.00 e. The van der Waals surface area contributed by atoms with Crippen LogP contribution in [0.1, 0.15) is 44.9 Å². The van der Waals surface area contributed by atoms with Crippen molar-refractivity contribution in [2.24, 2.45) is 22.3 Å². The molecule has 0 spiro atoms. The fraction of sp³-hybridized carbons (Fsp3) is 0.714. The summed E-state index contributed by atoms with van der Waals surface area (Å²) in [6, 6.07) is 0. The summed E-state index contributed by atoms with van der Waals surface area (Å²) in [4.78, 5) is 44.9. The Hall–Kier alpha value is 1.80. The smallest absolute Gasteiger partial charge is 0.550 e. The van der Waals surface area contributed by atoms with E-state index in [1.807, 2.05) is 0 Å². The maximum absolute atomic E-state index is 11.2. The molecule has 0 bridgehead atoms. The Labute approximate surface area is 251 Å². The van der Waals surface area contributed by atoms with E-state index in [-0.39, 0.29) is 137 Å². The molecule has 0 atom stereocenters. The van der Waals surface area contributed by atoms with Crippen LogP contribution in [0.15, 0.2) is 0 Å². The summed E-state index contributed by atoms with van der Waals surface area (Å²) in [5, 5.41) is 44.9. The van der Waals surface area contributed by atoms with Crippen LogP contribution < -0.4 is 150 Å². The minimum atomic E-state index is -2.12. The zero-order valence-corrected chi connectivity index (χ0v) is 24.9. The van der Waals surface area contributed by atoms with Gasteiger partial charge in [-0.05, 0) is 50.4 Å². The second-order valence-electron chi connectivity index (χ2n) is 6.45. The van der Waals surface area contributed by atoms with Gasteiger partial charge in [-0.2, -0.15) is 0 Å². The van der Waals surface area contributed by atoms with E-state index >= 15 is 0 Å². The van der Waals surface area contributed by atoms with Crippen molar-refractivity contribution in [1.82, 2.24) is 0 Å². The summed E-state index contributed by atoms with van der Waals surface area (Å²) in [7, 11) is 0. The summed E-state index contributed by atoms with van der Waals surface area (Å²) >= 11 is 0. The van der Waals surface area contributed by atoms with Gasteiger partial charge in [0.25, 0.3) is 0 Å². The van der Waals surface area contributed by atoms with Crippen LogP contribution in [0.3, 0.4) is 0 Å². The molecule has 0 aromatic heterocycles. The van der Waals surface area contributed by atoms with Crippen molar-refractivity contribution in [3.8, 4) is 0 Å². The van der Waals surface area contributed by atoms with Crippen LogP contribution >= 0.6 is 0 Å². The third kappa shape index (κ3) is 8.74. The summed E-state index contributed by atoms with van der Waals surface area (Å²) < 4.78 is 0. The van der Waals surface area contributed by atoms with E-state index in [0.717, 1.165) is 0 Å². The zero-order valence-electron chi connectivity index (χ0n) is 16.9. The van der Waals surface area contributed by atoms with Crippen LogP contribution in [0.5, 0.6) is 0 Å². The predicted octanol–water partition coefficient (Wildman–Crippen LogP) is -17.7. The Balaban J connectivity index is -0.000000720. The Kier molecular flexibility index (Phi) is 19.6. The number of carboxylic acid groups (broad SMARTS) is 4. The van der Waals surface area contributed by atoms with Crippen LogP contribution in [0.2, 0.25) is 0 Å². The van der Waals surface area contributed by atoms with Crippen molar-refractivity contribution in [3.05, 3.63) is 0 Å². The van der Waals surface area contributed by atoms with Gasteiger partial charge in [0.15, 0.2) is 0 Å². The van der Waals surface area contributed by atoms with Gasteiger partial charge in [0.1, 0.15) is 0 Å². The molecule has 4 N–H and O–H groups in total. The van der Waals surface area contributed by atoms with Gasteiger partial charge >= 0.3 is 118 Å². The molecule has 0 aromatic carbocycles. The molecule has 10 nitrogen and oxygen atoms in total. The molecule has 0 aliphatic heterocycles. The summed E-state index contributed by atoms with van der Waals surface area (Å²) in [6.07, 6.45) is -3.91. The number of rotatable bonds is 8. The van der Waals surface area contributed by atoms with Gasteiger partial charge in [0, 0.05) is 29.3 Å². The first-order valence-corrected chi connectivity index (χ1v) is 7.25. The number of hydrogen-bond acceptors (Lipinski definition) is 10. The predicted molar refractivity (Wildman–Crippen MR) is 68.3 cm³/mol. The Morgan fingerprint density at radius 1 is 0.643 bits per heavy atom. The molecule has 0 aromatic rings. The molecule has 0 unspecified atom stereocenters. The van der Waals surface area contributed by atoms with E-state index in [9.17, 15) is 39.6 Å². The molecular formula is C14H18N2Na4O8. The monoisotopic (exact) mass is 434 g/mol. The van der Waals surface area contributed by atoms with Gasteiger partial charge in [0.05, 0.1) is 5.66 Å². The molecule has 1 fully saturated rings. The first kappa shape index (κ1) is 37.1. The van der Waals surface area contributed by atoms with Crippen LogP contribution in [0.4, 0.5) is 0 Å². The topological polar surface area (TPSA) is 213 Å². The fourth-order valence-corrected chi connectivity index (χ4v) is 4.08. The summed E-state index contributed by atoms with van der Waals surface area (Å²) in [5.41, 5.74) is 5.94. The number of aliphatic carboxylic acids is 4. The molecule has 0 radical (unpaired) electrons. The molecule has 1 aliphatic carbocycles. The number of carboxylic acids is 4. The average molecular weight is 434 g/mol. The van der Waals surface area contributed by atoms with E-state index in [1.54, 1.807) is 0 Å². The number of nitrogens with two attached hydrogens (primary N) is 2. The number of carbonyl (C=O) groups excluding carboxylic acids is 4. The van der Waals surface area contributed by atoms with E-state index < -0.39 is 66.1 Å². The second-order valence-corrected chi connectivity index (χ2v) is 6.45. The average Bonchev–Trinajstić information content (AvgIpc) is 2.32. The van der Waals surface area contributed by atoms with E-state index in [4.69, 9.17) is 11.5 Å². The standard InChI is InChI=1S/C14H22N2O8.4Na/c15-14(16)3-1-2-12(4-8(17)18,5-9(19)20)13(14,6-10(21)22)7-11(23)24;;;;/h1-7,15-16H2,(H,17,18)(H,19,20)(H,21,22)(H,23,24);;;;/q;4*+1/p-4. The van der Waals surface area contributed by atoms with Crippen LogP contribution in [-0.4, -0.2) is 29.5 Å². The summed E-state index contributed by atoms with van der Waals surface area (Å²) in [6.45, 7) is 0. The molecule has 136 valence electrons. The Morgan fingerprint density at radius 2 is 0.964 bits per heavy atom. The van der Waals surface area contributed by atoms with Crippen molar-refractivity contribution < 1.29 is 158 Å². The SMILES string of the molecule is NC1(N)CCCC(CC(=O)[O-])(CC(=O)[O-])C1(CC(=O)[O-])CC(=O)[O-].[Na+].[Na+].[Na+].[Na+]. The largest absolute Gasteiger partial charge is 1.00 e. The quantitative estimate of drug-likeness (QED) is 0.272. The molecule has 1 rings (SSSR count). The van der Waals surface area contributed by atoms with Crippen LogP contribution in [-0.2, 0) is 19.2 Å². The normalized spacial score (nSPS) is 17.9. The molecule has 14 heteroatoms. The fourth-order valence-electron chi connectivity index (χ4n) is 4.08. The van der Waals surface area contributed by atoms with Crippen molar-refractivity contribution in [2.45, 2.75) is 50.6 Å². The molecule has 0 heterocycles. The molecule has 0 saturated heterocycles. The van der Waals surface area contributed by atoms with Gasteiger partial charge < -0.3 is 51.1 Å². The molecule has 1 aliphatic rings. The van der Waals surface area contributed by atoms with Crippen molar-refractivity contribution in [2.75, 3.05) is 0 Å². The third-order valence-corrected chi connectivity index (χ3v) is 5.01. The van der Waals surface area contributed by atoms with E-state index in [2.05, 4.69) is 0 Å². The van der Waals surface area contributed by atoms with Gasteiger partial charge in [-0.1, -0.05) is 0 Å². The van der Waals surface area contributed by atoms with Crippen molar-refractivity contribution in [1.29, 1.82) is 0 Å². The minimum absolute atomic E-state index is 0. The van der Waals surface area contributed by atoms with E-state index in [0.29, 0.717) is 0 Å². The number of carbonyl (C=O) groups is 4. The maximum atomic E-state index is 11.2. The third-order valence-electron chi connectivity index (χ3n) is 5.01. The van der Waals surface area contributed by atoms with Crippen molar-refractivity contribution in [3.63, 3.8) is 0 Å². The first-order valence-electron chi connectivity index (χ1n) is 7.25. The first-order chi connectivity index (χ1) is 10.9. The second kappa shape index (κ2) is 14.8. The Bertz CT molecular complexity index is 542. The molecule has 1 saturated carbocycles. The molecule has 28 heavy (non-hydrogen) atoms. The van der Waals surface area contributed by atoms with Crippen LogP contribution in [0.25, 0.3) is 0 Å². The van der Waals surface area contributed by atoms with E-state index in [1.165, 1.54) is 0 Å². The van der Waals surface area contributed by atoms with Gasteiger partial charge in [-0.3, -0.25) is 0 Å². The van der Waals surface area contributed by atoms with Gasteiger partial charge in [-0.15, -0.1) is 0 Å². The minimum Gasteiger partial charge on any atom is -0.550 e. The molecular weight excluding hydrogens is 416 g/mol. The van der Waals surface area contributed by atoms with Crippen molar-refractivity contribution >= 4 is 23.9 Å². The summed E-state index contributed by atoms with van der Waals surface area (Å²) in [5.74, 6) is -6.84. The van der Waals surface area contributed by atoms with Gasteiger partial charge in [-0.25, -0.2) is 0 Å².